The molecule has 1 aromatic heterocycles. The highest BCUT2D eigenvalue weighted by molar-refractivity contribution is 6.04. The molecule has 152 valence electrons. The van der Waals surface area contributed by atoms with Gasteiger partial charge in [-0.25, -0.2) is 4.39 Å². The molecule has 0 radical (unpaired) electrons. The van der Waals surface area contributed by atoms with Gasteiger partial charge >= 0.3 is 6.61 Å². The molecule has 0 unspecified atom stereocenters. The molecule has 3 rings (SSSR count). The van der Waals surface area contributed by atoms with Gasteiger partial charge in [-0.1, -0.05) is 18.2 Å². The van der Waals surface area contributed by atoms with E-state index in [-0.39, 0.29) is 41.8 Å². The number of nitrogens with one attached hydrogen (secondary N) is 1. The fraction of sp³-hybridized carbons (Fsp3) is 0.200. The first-order valence-electron chi connectivity index (χ1n) is 8.76. The molecule has 0 saturated heterocycles. The number of aromatic nitrogens is 2. The third-order valence-corrected chi connectivity index (χ3v) is 3.89. The van der Waals surface area contributed by atoms with E-state index in [0.717, 1.165) is 0 Å². The molecule has 2 aromatic carbocycles. The van der Waals surface area contributed by atoms with E-state index in [9.17, 15) is 18.0 Å². The summed E-state index contributed by atoms with van der Waals surface area (Å²) in [6.45, 7) is -0.907. The Morgan fingerprint density at radius 2 is 1.97 bits per heavy atom. The van der Waals surface area contributed by atoms with E-state index in [0.29, 0.717) is 5.56 Å². The first-order chi connectivity index (χ1) is 14.0. The standard InChI is InChI=1S/C20H18F3N3O3/c1-2-28-17-11-13(7-8-16(17)29-20(22)23)19(27)24-18-9-10-26(25-18)12-14-5-3-4-6-15(14)21/h3-11,20H,2,12H2,1H3,(H,24,25,27). The van der Waals surface area contributed by atoms with Crippen LogP contribution in [-0.4, -0.2) is 28.9 Å². The van der Waals surface area contributed by atoms with E-state index in [2.05, 4.69) is 15.2 Å². The van der Waals surface area contributed by atoms with Crippen LogP contribution in [0.1, 0.15) is 22.8 Å². The van der Waals surface area contributed by atoms with Gasteiger partial charge < -0.3 is 14.8 Å². The van der Waals surface area contributed by atoms with E-state index in [1.54, 1.807) is 37.4 Å². The van der Waals surface area contributed by atoms with Crippen molar-refractivity contribution in [1.82, 2.24) is 9.78 Å². The molecule has 1 N–H and O–H groups in total. The molecular formula is C20H18F3N3O3. The van der Waals surface area contributed by atoms with Gasteiger partial charge in [-0.15, -0.1) is 0 Å². The minimum atomic E-state index is -3.01. The first-order valence-corrected chi connectivity index (χ1v) is 8.76. The van der Waals surface area contributed by atoms with Crippen LogP contribution in [0, 0.1) is 5.82 Å². The zero-order chi connectivity index (χ0) is 20.8. The van der Waals surface area contributed by atoms with Crippen LogP contribution in [0.5, 0.6) is 11.5 Å². The van der Waals surface area contributed by atoms with Crippen LogP contribution in [-0.2, 0) is 6.54 Å². The lowest BCUT2D eigenvalue weighted by molar-refractivity contribution is -0.0514. The molecule has 0 saturated carbocycles. The monoisotopic (exact) mass is 405 g/mol. The SMILES string of the molecule is CCOc1cc(C(=O)Nc2ccn(Cc3ccccc3F)n2)ccc1OC(F)F. The van der Waals surface area contributed by atoms with Gasteiger partial charge in [0, 0.05) is 23.4 Å². The van der Waals surface area contributed by atoms with Gasteiger partial charge in [0.05, 0.1) is 13.2 Å². The highest BCUT2D eigenvalue weighted by atomic mass is 19.3. The van der Waals surface area contributed by atoms with E-state index < -0.39 is 12.5 Å². The second-order valence-corrected chi connectivity index (χ2v) is 5.92. The second-order valence-electron chi connectivity index (χ2n) is 5.92. The van der Waals surface area contributed by atoms with E-state index >= 15 is 0 Å². The molecule has 1 heterocycles. The van der Waals surface area contributed by atoms with Gasteiger partial charge in [0.15, 0.2) is 17.3 Å². The van der Waals surface area contributed by atoms with Gasteiger partial charge in [-0.2, -0.15) is 13.9 Å². The summed E-state index contributed by atoms with van der Waals surface area (Å²) < 4.78 is 49.8. The molecule has 0 aliphatic rings. The zero-order valence-corrected chi connectivity index (χ0v) is 15.4. The summed E-state index contributed by atoms with van der Waals surface area (Å²) in [5.74, 6) is -0.718. The third-order valence-electron chi connectivity index (χ3n) is 3.89. The first kappa shape index (κ1) is 20.2. The lowest BCUT2D eigenvalue weighted by Gasteiger charge is -2.12. The minimum Gasteiger partial charge on any atom is -0.490 e. The second kappa shape index (κ2) is 9.13. The smallest absolute Gasteiger partial charge is 0.387 e. The Labute approximate surface area is 164 Å². The number of anilines is 1. The molecule has 29 heavy (non-hydrogen) atoms. The average Bonchev–Trinajstić information content (AvgIpc) is 3.11. The highest BCUT2D eigenvalue weighted by Crippen LogP contribution is 2.30. The van der Waals surface area contributed by atoms with E-state index in [4.69, 9.17) is 4.74 Å². The van der Waals surface area contributed by atoms with Crippen LogP contribution in [0.15, 0.2) is 54.7 Å². The summed E-state index contributed by atoms with van der Waals surface area (Å²) in [5.41, 5.74) is 0.642. The van der Waals surface area contributed by atoms with Crippen LogP contribution in [0.25, 0.3) is 0 Å². The Morgan fingerprint density at radius 1 is 1.17 bits per heavy atom. The van der Waals surface area contributed by atoms with Gasteiger partial charge in [-0.05, 0) is 31.2 Å². The Kier molecular flexibility index (Phi) is 6.38. The van der Waals surface area contributed by atoms with Gasteiger partial charge in [0.1, 0.15) is 5.82 Å². The summed E-state index contributed by atoms with van der Waals surface area (Å²) in [5, 5.41) is 6.79. The van der Waals surface area contributed by atoms with Crippen LogP contribution in [0.3, 0.4) is 0 Å². The lowest BCUT2D eigenvalue weighted by atomic mass is 10.2. The van der Waals surface area contributed by atoms with Gasteiger partial charge in [0.2, 0.25) is 0 Å². The number of carbonyl (C=O) groups excluding carboxylic acids is 1. The van der Waals surface area contributed by atoms with Crippen molar-refractivity contribution in [3.8, 4) is 11.5 Å². The molecule has 9 heteroatoms. The normalized spacial score (nSPS) is 10.8. The van der Waals surface area contributed by atoms with Crippen molar-refractivity contribution in [2.24, 2.45) is 0 Å². The molecule has 6 nitrogen and oxygen atoms in total. The maximum absolute atomic E-state index is 13.7. The Hall–Kier alpha value is -3.49. The highest BCUT2D eigenvalue weighted by Gasteiger charge is 2.15. The van der Waals surface area contributed by atoms with Crippen LogP contribution >= 0.6 is 0 Å². The van der Waals surface area contributed by atoms with Crippen LogP contribution < -0.4 is 14.8 Å². The molecule has 0 aliphatic heterocycles. The fourth-order valence-corrected chi connectivity index (χ4v) is 2.62. The number of hydrogen-bond donors (Lipinski definition) is 1. The maximum Gasteiger partial charge on any atom is 0.387 e. The molecule has 0 fully saturated rings. The number of amides is 1. The predicted octanol–water partition coefficient (Wildman–Crippen LogP) is 4.32. The van der Waals surface area contributed by atoms with Crippen molar-refractivity contribution in [1.29, 1.82) is 0 Å². The number of nitrogens with zero attached hydrogens (tertiary/aromatic N) is 2. The largest absolute Gasteiger partial charge is 0.490 e. The average molecular weight is 405 g/mol. The molecule has 0 atom stereocenters. The van der Waals surface area contributed by atoms with Gasteiger partial charge in [0.25, 0.3) is 5.91 Å². The predicted molar refractivity (Wildman–Crippen MR) is 99.9 cm³/mol. The van der Waals surface area contributed by atoms with Crippen molar-refractivity contribution in [3.63, 3.8) is 0 Å². The van der Waals surface area contributed by atoms with Crippen molar-refractivity contribution in [3.05, 3.63) is 71.7 Å². The van der Waals surface area contributed by atoms with Crippen molar-refractivity contribution in [2.75, 3.05) is 11.9 Å². The Morgan fingerprint density at radius 3 is 2.69 bits per heavy atom. The molecule has 3 aromatic rings. The quantitative estimate of drug-likeness (QED) is 0.606. The molecule has 0 spiro atoms. The van der Waals surface area contributed by atoms with Crippen molar-refractivity contribution < 1.29 is 27.4 Å². The molecule has 1 amide bonds. The summed E-state index contributed by atoms with van der Waals surface area (Å²) in [4.78, 5) is 12.5. The number of hydrogen-bond acceptors (Lipinski definition) is 4. The number of alkyl halides is 2. The van der Waals surface area contributed by atoms with Crippen molar-refractivity contribution >= 4 is 11.7 Å². The minimum absolute atomic E-state index is 0.0329. The van der Waals surface area contributed by atoms with Crippen LogP contribution in [0.2, 0.25) is 0 Å². The topological polar surface area (TPSA) is 65.4 Å². The Balaban J connectivity index is 1.71. The lowest BCUT2D eigenvalue weighted by Crippen LogP contribution is -2.14. The summed E-state index contributed by atoms with van der Waals surface area (Å²) >= 11 is 0. The third kappa shape index (κ3) is 5.28. The number of halogens is 3. The zero-order valence-electron chi connectivity index (χ0n) is 15.4. The van der Waals surface area contributed by atoms with E-state index in [1.165, 1.54) is 28.9 Å². The number of rotatable bonds is 8. The van der Waals surface area contributed by atoms with E-state index in [1.807, 2.05) is 0 Å². The molecule has 0 bridgehead atoms. The molecule has 0 aliphatic carbocycles. The maximum atomic E-state index is 13.7. The molecular weight excluding hydrogens is 387 g/mol. The number of benzene rings is 2. The number of carbonyl (C=O) groups is 1. The van der Waals surface area contributed by atoms with Crippen molar-refractivity contribution in [2.45, 2.75) is 20.1 Å². The Bertz CT molecular complexity index is 992. The summed E-state index contributed by atoms with van der Waals surface area (Å²) in [6, 6.07) is 11.8. The summed E-state index contributed by atoms with van der Waals surface area (Å²) in [7, 11) is 0. The van der Waals surface area contributed by atoms with Crippen LogP contribution in [0.4, 0.5) is 19.0 Å². The number of ether oxygens (including phenoxy) is 2. The van der Waals surface area contributed by atoms with Gasteiger partial charge in [-0.3, -0.25) is 9.48 Å². The summed E-state index contributed by atoms with van der Waals surface area (Å²) in [6.07, 6.45) is 1.60. The fourth-order valence-electron chi connectivity index (χ4n) is 2.62.